The molecule has 2 heteroatoms. The maximum atomic E-state index is 5.53. The molecule has 0 spiro atoms. The van der Waals surface area contributed by atoms with Crippen LogP contribution in [0.5, 0.6) is 0 Å². The summed E-state index contributed by atoms with van der Waals surface area (Å²) in [7, 11) is 0. The molecular weight excluding hydrogens is 234 g/mol. The van der Waals surface area contributed by atoms with Crippen LogP contribution in [0.15, 0.2) is 24.0 Å². The number of ether oxygens (including phenoxy) is 1. The van der Waals surface area contributed by atoms with Gasteiger partial charge in [0.05, 0.1) is 18.9 Å². The highest BCUT2D eigenvalue weighted by Gasteiger charge is 2.21. The van der Waals surface area contributed by atoms with Crippen LogP contribution in [0.3, 0.4) is 0 Å². The van der Waals surface area contributed by atoms with Gasteiger partial charge in [0.1, 0.15) is 0 Å². The second kappa shape index (κ2) is 6.25. The third-order valence-electron chi connectivity index (χ3n) is 3.77. The molecule has 2 rings (SSSR count). The van der Waals surface area contributed by atoms with Gasteiger partial charge in [-0.3, -0.25) is 0 Å². The van der Waals surface area contributed by atoms with Crippen LogP contribution in [0, 0.1) is 20.8 Å². The van der Waals surface area contributed by atoms with Gasteiger partial charge in [-0.25, -0.2) is 0 Å². The van der Waals surface area contributed by atoms with Gasteiger partial charge in [-0.15, -0.1) is 0 Å². The zero-order chi connectivity index (χ0) is 13.8. The van der Waals surface area contributed by atoms with Crippen LogP contribution in [0.4, 0.5) is 0 Å². The van der Waals surface area contributed by atoms with E-state index in [4.69, 9.17) is 4.74 Å². The zero-order valence-corrected chi connectivity index (χ0v) is 12.5. The van der Waals surface area contributed by atoms with Crippen LogP contribution in [0.25, 0.3) is 0 Å². The minimum absolute atomic E-state index is 0.297. The number of hydrogen-bond acceptors (Lipinski definition) is 2. The number of nitrogens with one attached hydrogen (secondary N) is 1. The van der Waals surface area contributed by atoms with Crippen molar-refractivity contribution >= 4 is 0 Å². The van der Waals surface area contributed by atoms with Gasteiger partial charge in [0.25, 0.3) is 0 Å². The average molecular weight is 259 g/mol. The van der Waals surface area contributed by atoms with Crippen molar-refractivity contribution in [1.82, 2.24) is 5.32 Å². The Morgan fingerprint density at radius 3 is 2.42 bits per heavy atom. The second-order valence-corrected chi connectivity index (χ2v) is 5.47. The minimum Gasteiger partial charge on any atom is -0.501 e. The number of benzene rings is 1. The fourth-order valence-corrected chi connectivity index (χ4v) is 3.07. The molecule has 1 heterocycles. The zero-order valence-electron chi connectivity index (χ0n) is 12.5. The van der Waals surface area contributed by atoms with Crippen LogP contribution in [-0.2, 0) is 4.74 Å². The van der Waals surface area contributed by atoms with E-state index in [-0.39, 0.29) is 0 Å². The third kappa shape index (κ3) is 3.19. The van der Waals surface area contributed by atoms with Gasteiger partial charge in [0.15, 0.2) is 0 Å². The Kier molecular flexibility index (Phi) is 4.65. The first-order chi connectivity index (χ1) is 9.13. The summed E-state index contributed by atoms with van der Waals surface area (Å²) in [6.45, 7) is 10.6. The molecule has 0 fully saturated rings. The Hall–Kier alpha value is -1.28. The molecule has 1 aromatic carbocycles. The number of rotatable bonds is 4. The highest BCUT2D eigenvalue weighted by molar-refractivity contribution is 5.43. The molecule has 1 aromatic rings. The van der Waals surface area contributed by atoms with E-state index in [2.05, 4.69) is 45.1 Å². The van der Waals surface area contributed by atoms with Gasteiger partial charge >= 0.3 is 0 Å². The van der Waals surface area contributed by atoms with Crippen molar-refractivity contribution in [2.75, 3.05) is 13.2 Å². The van der Waals surface area contributed by atoms with Crippen LogP contribution in [0.2, 0.25) is 0 Å². The molecule has 1 atom stereocenters. The largest absolute Gasteiger partial charge is 0.501 e. The first-order valence-electron chi connectivity index (χ1n) is 7.25. The number of hydrogen-bond donors (Lipinski definition) is 1. The quantitative estimate of drug-likeness (QED) is 0.883. The Bertz CT molecular complexity index is 453. The van der Waals surface area contributed by atoms with Crippen LogP contribution < -0.4 is 5.32 Å². The highest BCUT2D eigenvalue weighted by atomic mass is 16.5. The van der Waals surface area contributed by atoms with Crippen molar-refractivity contribution in [3.05, 3.63) is 46.2 Å². The Balaban J connectivity index is 2.41. The second-order valence-electron chi connectivity index (χ2n) is 5.47. The minimum atomic E-state index is 0.297. The summed E-state index contributed by atoms with van der Waals surface area (Å²) in [6.07, 6.45) is 4.22. The Labute approximate surface area is 116 Å². The van der Waals surface area contributed by atoms with E-state index in [1.165, 1.54) is 27.8 Å². The monoisotopic (exact) mass is 259 g/mol. The van der Waals surface area contributed by atoms with E-state index in [1.54, 1.807) is 0 Å². The SMILES string of the molecule is CCNC(C1=COCCC1)c1c(C)cc(C)cc1C. The maximum Gasteiger partial charge on any atom is 0.0876 e. The summed E-state index contributed by atoms with van der Waals surface area (Å²) in [4.78, 5) is 0. The first-order valence-corrected chi connectivity index (χ1v) is 7.25. The molecular formula is C17H25NO. The summed E-state index contributed by atoms with van der Waals surface area (Å²) in [5.74, 6) is 0. The van der Waals surface area contributed by atoms with Crippen LogP contribution >= 0.6 is 0 Å². The fourth-order valence-electron chi connectivity index (χ4n) is 3.07. The number of aryl methyl sites for hydroxylation is 3. The predicted molar refractivity (Wildman–Crippen MR) is 80.3 cm³/mol. The van der Waals surface area contributed by atoms with Crippen LogP contribution in [0.1, 0.15) is 48.1 Å². The van der Waals surface area contributed by atoms with Crippen LogP contribution in [-0.4, -0.2) is 13.2 Å². The molecule has 0 aromatic heterocycles. The van der Waals surface area contributed by atoms with Gasteiger partial charge in [0, 0.05) is 0 Å². The standard InChI is InChI=1S/C17H25NO/c1-5-18-17(15-7-6-8-19-11-15)16-13(3)9-12(2)10-14(16)4/h9-11,17-18H,5-8H2,1-4H3. The van der Waals surface area contributed by atoms with E-state index in [0.29, 0.717) is 6.04 Å². The molecule has 0 amide bonds. The van der Waals surface area contributed by atoms with Gasteiger partial charge in [-0.1, -0.05) is 24.6 Å². The van der Waals surface area contributed by atoms with E-state index in [0.717, 1.165) is 26.0 Å². The first kappa shape index (κ1) is 14.1. The summed E-state index contributed by atoms with van der Waals surface area (Å²) in [5, 5.41) is 3.62. The molecule has 0 saturated carbocycles. The van der Waals surface area contributed by atoms with Gasteiger partial charge in [-0.2, -0.15) is 0 Å². The smallest absolute Gasteiger partial charge is 0.0876 e. The van der Waals surface area contributed by atoms with Crippen molar-refractivity contribution in [2.24, 2.45) is 0 Å². The maximum absolute atomic E-state index is 5.53. The summed E-state index contributed by atoms with van der Waals surface area (Å²) >= 11 is 0. The fraction of sp³-hybridized carbons (Fsp3) is 0.529. The summed E-state index contributed by atoms with van der Waals surface area (Å²) in [5.41, 5.74) is 6.88. The van der Waals surface area contributed by atoms with Crippen molar-refractivity contribution in [3.63, 3.8) is 0 Å². The van der Waals surface area contributed by atoms with E-state index in [1.807, 2.05) is 6.26 Å². The van der Waals surface area contributed by atoms with Crippen molar-refractivity contribution < 1.29 is 4.74 Å². The predicted octanol–water partition coefficient (Wildman–Crippen LogP) is 3.96. The molecule has 2 nitrogen and oxygen atoms in total. The molecule has 0 radical (unpaired) electrons. The van der Waals surface area contributed by atoms with Crippen molar-refractivity contribution in [2.45, 2.75) is 46.6 Å². The lowest BCUT2D eigenvalue weighted by Gasteiger charge is -2.27. The molecule has 0 saturated heterocycles. The average Bonchev–Trinajstić information content (AvgIpc) is 2.37. The van der Waals surface area contributed by atoms with E-state index < -0.39 is 0 Å². The molecule has 19 heavy (non-hydrogen) atoms. The van der Waals surface area contributed by atoms with E-state index in [9.17, 15) is 0 Å². The van der Waals surface area contributed by atoms with E-state index >= 15 is 0 Å². The molecule has 0 aliphatic carbocycles. The van der Waals surface area contributed by atoms with Gasteiger partial charge in [-0.05, 0) is 62.4 Å². The third-order valence-corrected chi connectivity index (χ3v) is 3.77. The lowest BCUT2D eigenvalue weighted by atomic mass is 9.88. The van der Waals surface area contributed by atoms with Gasteiger partial charge < -0.3 is 10.1 Å². The normalized spacial score (nSPS) is 16.7. The molecule has 1 aliphatic rings. The molecule has 1 aliphatic heterocycles. The Morgan fingerprint density at radius 2 is 1.89 bits per heavy atom. The summed E-state index contributed by atoms with van der Waals surface area (Å²) < 4.78 is 5.53. The van der Waals surface area contributed by atoms with Gasteiger partial charge in [0.2, 0.25) is 0 Å². The molecule has 0 bridgehead atoms. The topological polar surface area (TPSA) is 21.3 Å². The summed E-state index contributed by atoms with van der Waals surface area (Å²) in [6, 6.07) is 4.85. The highest BCUT2D eigenvalue weighted by Crippen LogP contribution is 2.32. The molecule has 104 valence electrons. The lowest BCUT2D eigenvalue weighted by Crippen LogP contribution is -2.26. The Morgan fingerprint density at radius 1 is 1.21 bits per heavy atom. The lowest BCUT2D eigenvalue weighted by molar-refractivity contribution is 0.219. The molecule has 1 unspecified atom stereocenters. The van der Waals surface area contributed by atoms with Crippen molar-refractivity contribution in [1.29, 1.82) is 0 Å². The molecule has 1 N–H and O–H groups in total. The van der Waals surface area contributed by atoms with Crippen molar-refractivity contribution in [3.8, 4) is 0 Å². The number of likely N-dealkylation sites (N-methyl/N-ethyl adjacent to an activating group) is 1.